The number of halogens is 3. The van der Waals surface area contributed by atoms with Gasteiger partial charge >= 0.3 is 18.1 Å². The van der Waals surface area contributed by atoms with E-state index in [4.69, 9.17) is 0 Å². The Morgan fingerprint density at radius 1 is 1.39 bits per heavy atom. The number of β-amino-alcohol motifs (C(OH)–C–C–N with tert-alkyl or cyclic N) is 1. The zero-order valence-electron chi connectivity index (χ0n) is 9.74. The van der Waals surface area contributed by atoms with E-state index >= 15 is 0 Å². The number of amides is 1. The lowest BCUT2D eigenvalue weighted by atomic mass is 10.00. The zero-order valence-corrected chi connectivity index (χ0v) is 9.74. The molecule has 1 fully saturated rings. The highest BCUT2D eigenvalue weighted by molar-refractivity contribution is 5.88. The Morgan fingerprint density at radius 2 is 2.00 bits per heavy atom. The summed E-state index contributed by atoms with van der Waals surface area (Å²) in [5, 5.41) is 9.31. The largest absolute Gasteiger partial charge is 0.471 e. The van der Waals surface area contributed by atoms with E-state index in [0.29, 0.717) is 4.90 Å². The summed E-state index contributed by atoms with van der Waals surface area (Å²) in [6.45, 7) is 1.03. The summed E-state index contributed by atoms with van der Waals surface area (Å²) in [5.74, 6) is -3.00. The Morgan fingerprint density at radius 3 is 2.50 bits per heavy atom. The van der Waals surface area contributed by atoms with Crippen LogP contribution in [0.15, 0.2) is 0 Å². The SMILES string of the molecule is CCOC(=O)C1CCC(O)CN1C(=O)C(F)(F)F. The maximum absolute atomic E-state index is 12.4. The molecule has 1 N–H and O–H groups in total. The summed E-state index contributed by atoms with van der Waals surface area (Å²) >= 11 is 0. The molecule has 0 bridgehead atoms. The van der Waals surface area contributed by atoms with Crippen LogP contribution in [-0.4, -0.2) is 53.4 Å². The Balaban J connectivity index is 2.86. The van der Waals surface area contributed by atoms with Crippen molar-refractivity contribution in [3.8, 4) is 0 Å². The summed E-state index contributed by atoms with van der Waals surface area (Å²) in [5.41, 5.74) is 0. The number of hydrogen-bond acceptors (Lipinski definition) is 4. The highest BCUT2D eigenvalue weighted by atomic mass is 19.4. The van der Waals surface area contributed by atoms with E-state index in [2.05, 4.69) is 4.74 Å². The van der Waals surface area contributed by atoms with Gasteiger partial charge in [0.25, 0.3) is 0 Å². The van der Waals surface area contributed by atoms with Crippen LogP contribution in [-0.2, 0) is 14.3 Å². The molecule has 0 aromatic rings. The second-order valence-electron chi connectivity index (χ2n) is 3.95. The van der Waals surface area contributed by atoms with Crippen molar-refractivity contribution >= 4 is 11.9 Å². The van der Waals surface area contributed by atoms with Crippen LogP contribution < -0.4 is 0 Å². The lowest BCUT2D eigenvalue weighted by Crippen LogP contribution is -2.56. The molecule has 1 saturated heterocycles. The molecular formula is C10H14F3NO4. The summed E-state index contributed by atoms with van der Waals surface area (Å²) in [6.07, 6.45) is -6.00. The molecule has 104 valence electrons. The van der Waals surface area contributed by atoms with Gasteiger partial charge in [-0.2, -0.15) is 13.2 Å². The van der Waals surface area contributed by atoms with E-state index in [0.717, 1.165) is 0 Å². The van der Waals surface area contributed by atoms with Gasteiger partial charge in [-0.05, 0) is 19.8 Å². The lowest BCUT2D eigenvalue weighted by molar-refractivity contribution is -0.194. The molecule has 1 heterocycles. The Labute approximate surface area is 102 Å². The first-order valence-electron chi connectivity index (χ1n) is 5.49. The predicted octanol–water partition coefficient (Wildman–Crippen LogP) is 0.464. The summed E-state index contributed by atoms with van der Waals surface area (Å²) in [7, 11) is 0. The molecule has 0 aromatic carbocycles. The van der Waals surface area contributed by atoms with Crippen molar-refractivity contribution in [1.29, 1.82) is 0 Å². The van der Waals surface area contributed by atoms with E-state index in [9.17, 15) is 27.9 Å². The monoisotopic (exact) mass is 269 g/mol. The van der Waals surface area contributed by atoms with Crippen LogP contribution in [0.1, 0.15) is 19.8 Å². The first kappa shape index (κ1) is 14.7. The quantitative estimate of drug-likeness (QED) is 0.740. The second-order valence-corrected chi connectivity index (χ2v) is 3.95. The minimum absolute atomic E-state index is 0.0198. The number of rotatable bonds is 2. The van der Waals surface area contributed by atoms with Crippen molar-refractivity contribution in [2.45, 2.75) is 38.1 Å². The van der Waals surface area contributed by atoms with Crippen LogP contribution in [0.5, 0.6) is 0 Å². The van der Waals surface area contributed by atoms with Gasteiger partial charge in [0.05, 0.1) is 12.7 Å². The number of carbonyl (C=O) groups is 2. The molecule has 1 aliphatic heterocycles. The Bertz CT molecular complexity index is 332. The molecule has 0 aromatic heterocycles. The topological polar surface area (TPSA) is 66.8 Å². The third-order valence-electron chi connectivity index (χ3n) is 2.62. The average molecular weight is 269 g/mol. The number of ether oxygens (including phenoxy) is 1. The van der Waals surface area contributed by atoms with E-state index in [-0.39, 0.29) is 19.4 Å². The number of esters is 1. The van der Waals surface area contributed by atoms with E-state index in [1.807, 2.05) is 0 Å². The first-order valence-corrected chi connectivity index (χ1v) is 5.49. The van der Waals surface area contributed by atoms with Gasteiger partial charge in [-0.25, -0.2) is 4.79 Å². The molecule has 5 nitrogen and oxygen atoms in total. The van der Waals surface area contributed by atoms with Gasteiger partial charge in [-0.3, -0.25) is 4.79 Å². The van der Waals surface area contributed by atoms with Gasteiger partial charge in [0.1, 0.15) is 6.04 Å². The highest BCUT2D eigenvalue weighted by Gasteiger charge is 2.48. The summed E-state index contributed by atoms with van der Waals surface area (Å²) < 4.78 is 41.7. The fraction of sp³-hybridized carbons (Fsp3) is 0.800. The van der Waals surface area contributed by atoms with Crippen molar-refractivity contribution in [2.24, 2.45) is 0 Å². The molecule has 1 amide bonds. The molecule has 1 aliphatic rings. The maximum atomic E-state index is 12.4. The van der Waals surface area contributed by atoms with Crippen LogP contribution in [0.3, 0.4) is 0 Å². The normalized spacial score (nSPS) is 24.8. The minimum Gasteiger partial charge on any atom is -0.464 e. The summed E-state index contributed by atoms with van der Waals surface area (Å²) in [4.78, 5) is 23.0. The van der Waals surface area contributed by atoms with E-state index in [1.165, 1.54) is 6.92 Å². The number of aliphatic hydroxyl groups excluding tert-OH is 1. The van der Waals surface area contributed by atoms with Gasteiger partial charge in [0, 0.05) is 6.54 Å². The van der Waals surface area contributed by atoms with Crippen molar-refractivity contribution in [3.05, 3.63) is 0 Å². The third kappa shape index (κ3) is 3.34. The van der Waals surface area contributed by atoms with Crippen LogP contribution in [0.25, 0.3) is 0 Å². The van der Waals surface area contributed by atoms with Crippen LogP contribution in [0.2, 0.25) is 0 Å². The molecule has 0 saturated carbocycles. The van der Waals surface area contributed by atoms with Crippen molar-refractivity contribution in [1.82, 2.24) is 4.90 Å². The lowest BCUT2D eigenvalue weighted by Gasteiger charge is -2.36. The number of alkyl halides is 3. The number of likely N-dealkylation sites (tertiary alicyclic amines) is 1. The van der Waals surface area contributed by atoms with Gasteiger partial charge in [0.2, 0.25) is 0 Å². The van der Waals surface area contributed by atoms with E-state index < -0.39 is 36.7 Å². The molecule has 2 atom stereocenters. The first-order chi connectivity index (χ1) is 8.27. The van der Waals surface area contributed by atoms with Crippen molar-refractivity contribution in [2.75, 3.05) is 13.2 Å². The molecule has 0 aliphatic carbocycles. The zero-order chi connectivity index (χ0) is 13.9. The molecule has 2 unspecified atom stereocenters. The fourth-order valence-corrected chi connectivity index (χ4v) is 1.82. The van der Waals surface area contributed by atoms with Crippen molar-refractivity contribution < 1.29 is 32.6 Å². The van der Waals surface area contributed by atoms with Gasteiger partial charge in [0.15, 0.2) is 0 Å². The number of piperidine rings is 1. The minimum atomic E-state index is -5.07. The predicted molar refractivity (Wildman–Crippen MR) is 53.4 cm³/mol. The molecule has 18 heavy (non-hydrogen) atoms. The van der Waals surface area contributed by atoms with Crippen LogP contribution in [0, 0.1) is 0 Å². The van der Waals surface area contributed by atoms with Crippen LogP contribution >= 0.6 is 0 Å². The number of carbonyl (C=O) groups excluding carboxylic acids is 2. The molecule has 8 heteroatoms. The number of nitrogens with zero attached hydrogens (tertiary/aromatic N) is 1. The molecule has 1 rings (SSSR count). The van der Waals surface area contributed by atoms with Crippen LogP contribution in [0.4, 0.5) is 13.2 Å². The molecule has 0 spiro atoms. The average Bonchev–Trinajstić information content (AvgIpc) is 2.26. The maximum Gasteiger partial charge on any atom is 0.471 e. The fourth-order valence-electron chi connectivity index (χ4n) is 1.82. The number of aliphatic hydroxyl groups is 1. The van der Waals surface area contributed by atoms with Gasteiger partial charge in [-0.1, -0.05) is 0 Å². The Kier molecular flexibility index (Phi) is 4.55. The smallest absolute Gasteiger partial charge is 0.464 e. The highest BCUT2D eigenvalue weighted by Crippen LogP contribution is 2.25. The molecule has 0 radical (unpaired) electrons. The van der Waals surface area contributed by atoms with Crippen molar-refractivity contribution in [3.63, 3.8) is 0 Å². The van der Waals surface area contributed by atoms with E-state index in [1.54, 1.807) is 0 Å². The second kappa shape index (κ2) is 5.55. The summed E-state index contributed by atoms with van der Waals surface area (Å²) in [6, 6.07) is -1.28. The van der Waals surface area contributed by atoms with Gasteiger partial charge in [-0.15, -0.1) is 0 Å². The standard InChI is InChI=1S/C10H14F3NO4/c1-2-18-8(16)7-4-3-6(15)5-14(7)9(17)10(11,12)13/h6-7,15H,2-5H2,1H3. The molecular weight excluding hydrogens is 255 g/mol. The number of hydrogen-bond donors (Lipinski definition) is 1. The third-order valence-corrected chi connectivity index (χ3v) is 2.62. The van der Waals surface area contributed by atoms with Gasteiger partial charge < -0.3 is 14.7 Å². The Hall–Kier alpha value is -1.31.